The molecule has 0 radical (unpaired) electrons. The minimum absolute atomic E-state index is 0.988. The van der Waals surface area contributed by atoms with Crippen LogP contribution >= 0.6 is 15.9 Å². The summed E-state index contributed by atoms with van der Waals surface area (Å²) in [6.07, 6.45) is 1.17. The second-order valence-electron chi connectivity index (χ2n) is 4.31. The fourth-order valence-corrected chi connectivity index (χ4v) is 2.54. The van der Waals surface area contributed by atoms with Crippen molar-refractivity contribution in [3.05, 3.63) is 22.7 Å². The maximum atomic E-state index is 4.64. The zero-order valence-electron chi connectivity index (χ0n) is 9.54. The SMILES string of the molecule is Brc1ccc2nc(N3CCCNCC3)[nH]c2c1. The van der Waals surface area contributed by atoms with Gasteiger partial charge in [-0.3, -0.25) is 0 Å². The molecule has 1 fully saturated rings. The fraction of sp³-hybridized carbons (Fsp3) is 0.417. The van der Waals surface area contributed by atoms with Gasteiger partial charge in [-0.2, -0.15) is 0 Å². The highest BCUT2D eigenvalue weighted by Gasteiger charge is 2.13. The Hall–Kier alpha value is -1.07. The molecule has 1 aromatic carbocycles. The van der Waals surface area contributed by atoms with Crippen LogP contribution in [0.15, 0.2) is 22.7 Å². The van der Waals surface area contributed by atoms with Crippen LogP contribution in [0.5, 0.6) is 0 Å². The average molecular weight is 295 g/mol. The van der Waals surface area contributed by atoms with Crippen LogP contribution in [0.25, 0.3) is 11.0 Å². The van der Waals surface area contributed by atoms with E-state index in [0.29, 0.717) is 0 Å². The summed E-state index contributed by atoms with van der Waals surface area (Å²) in [6.45, 7) is 4.21. The number of fused-ring (bicyclic) bond motifs is 1. The molecule has 2 heterocycles. The first-order valence-electron chi connectivity index (χ1n) is 5.94. The number of hydrogen-bond donors (Lipinski definition) is 2. The number of aromatic nitrogens is 2. The predicted molar refractivity (Wildman–Crippen MR) is 73.5 cm³/mol. The Morgan fingerprint density at radius 2 is 2.18 bits per heavy atom. The van der Waals surface area contributed by atoms with E-state index in [2.05, 4.69) is 42.2 Å². The number of H-pyrrole nitrogens is 1. The monoisotopic (exact) mass is 294 g/mol. The zero-order valence-corrected chi connectivity index (χ0v) is 11.1. The summed E-state index contributed by atoms with van der Waals surface area (Å²) in [6, 6.07) is 6.13. The normalized spacial score (nSPS) is 17.4. The summed E-state index contributed by atoms with van der Waals surface area (Å²) < 4.78 is 1.08. The molecule has 2 N–H and O–H groups in total. The molecule has 0 aliphatic carbocycles. The molecule has 1 aliphatic heterocycles. The lowest BCUT2D eigenvalue weighted by molar-refractivity contribution is 0.724. The number of imidazole rings is 1. The molecule has 0 amide bonds. The van der Waals surface area contributed by atoms with E-state index >= 15 is 0 Å². The van der Waals surface area contributed by atoms with E-state index in [1.807, 2.05) is 12.1 Å². The van der Waals surface area contributed by atoms with Gasteiger partial charge in [0.2, 0.25) is 5.95 Å². The van der Waals surface area contributed by atoms with Crippen LogP contribution in [0.3, 0.4) is 0 Å². The van der Waals surface area contributed by atoms with E-state index in [1.54, 1.807) is 0 Å². The summed E-state index contributed by atoms with van der Waals surface area (Å²) in [7, 11) is 0. The Balaban J connectivity index is 1.93. The van der Waals surface area contributed by atoms with Crippen molar-refractivity contribution >= 4 is 32.9 Å². The van der Waals surface area contributed by atoms with Crippen LogP contribution < -0.4 is 10.2 Å². The Morgan fingerprint density at radius 1 is 1.24 bits per heavy atom. The molecule has 4 nitrogen and oxygen atoms in total. The molecule has 2 aromatic rings. The van der Waals surface area contributed by atoms with Crippen molar-refractivity contribution in [3.63, 3.8) is 0 Å². The first kappa shape index (κ1) is 11.0. The average Bonchev–Trinajstić information content (AvgIpc) is 2.57. The van der Waals surface area contributed by atoms with Crippen molar-refractivity contribution in [3.8, 4) is 0 Å². The first-order valence-corrected chi connectivity index (χ1v) is 6.73. The predicted octanol–water partition coefficient (Wildman–Crippen LogP) is 2.13. The molecule has 90 valence electrons. The van der Waals surface area contributed by atoms with Crippen molar-refractivity contribution in [2.45, 2.75) is 6.42 Å². The topological polar surface area (TPSA) is 44.0 Å². The molecule has 1 saturated heterocycles. The highest BCUT2D eigenvalue weighted by atomic mass is 79.9. The van der Waals surface area contributed by atoms with Gasteiger partial charge in [0.25, 0.3) is 0 Å². The summed E-state index contributed by atoms with van der Waals surface area (Å²) in [5.74, 6) is 0.988. The lowest BCUT2D eigenvalue weighted by Crippen LogP contribution is -2.28. The Bertz CT molecular complexity index is 514. The molecule has 0 bridgehead atoms. The minimum atomic E-state index is 0.988. The molecule has 3 rings (SSSR count). The van der Waals surface area contributed by atoms with Crippen molar-refractivity contribution in [1.82, 2.24) is 15.3 Å². The summed E-state index contributed by atoms with van der Waals surface area (Å²) in [4.78, 5) is 10.3. The van der Waals surface area contributed by atoms with Gasteiger partial charge in [-0.25, -0.2) is 4.98 Å². The molecule has 17 heavy (non-hydrogen) atoms. The number of anilines is 1. The molecule has 0 atom stereocenters. The van der Waals surface area contributed by atoms with E-state index in [0.717, 1.165) is 47.6 Å². The van der Waals surface area contributed by atoms with Crippen LogP contribution in [0.4, 0.5) is 5.95 Å². The molecular formula is C12H15BrN4. The molecule has 0 spiro atoms. The third-order valence-corrected chi connectivity index (χ3v) is 3.56. The Labute approximate surface area is 109 Å². The van der Waals surface area contributed by atoms with E-state index in [-0.39, 0.29) is 0 Å². The van der Waals surface area contributed by atoms with Crippen LogP contribution in [0.2, 0.25) is 0 Å². The maximum absolute atomic E-state index is 4.64. The summed E-state index contributed by atoms with van der Waals surface area (Å²) in [5, 5.41) is 3.40. The third-order valence-electron chi connectivity index (χ3n) is 3.07. The van der Waals surface area contributed by atoms with Gasteiger partial charge in [0, 0.05) is 24.1 Å². The first-order chi connectivity index (χ1) is 8.33. The number of nitrogens with one attached hydrogen (secondary N) is 2. The molecule has 5 heteroatoms. The smallest absolute Gasteiger partial charge is 0.203 e. The Morgan fingerprint density at radius 3 is 3.12 bits per heavy atom. The quantitative estimate of drug-likeness (QED) is 0.847. The van der Waals surface area contributed by atoms with E-state index in [9.17, 15) is 0 Å². The number of benzene rings is 1. The van der Waals surface area contributed by atoms with Gasteiger partial charge in [0.05, 0.1) is 11.0 Å². The highest BCUT2D eigenvalue weighted by Crippen LogP contribution is 2.21. The Kier molecular flexibility index (Phi) is 3.03. The maximum Gasteiger partial charge on any atom is 0.203 e. The van der Waals surface area contributed by atoms with E-state index < -0.39 is 0 Å². The highest BCUT2D eigenvalue weighted by molar-refractivity contribution is 9.10. The van der Waals surface area contributed by atoms with E-state index in [1.165, 1.54) is 6.42 Å². The number of nitrogens with zero attached hydrogens (tertiary/aromatic N) is 2. The van der Waals surface area contributed by atoms with Gasteiger partial charge in [-0.1, -0.05) is 15.9 Å². The molecule has 0 saturated carbocycles. The standard InChI is InChI=1S/C12H15BrN4/c13-9-2-3-10-11(8-9)16-12(15-10)17-6-1-4-14-5-7-17/h2-3,8,14H,1,4-7H2,(H,15,16). The summed E-state index contributed by atoms with van der Waals surface area (Å²) >= 11 is 3.48. The largest absolute Gasteiger partial charge is 0.341 e. The number of aromatic amines is 1. The second-order valence-corrected chi connectivity index (χ2v) is 5.23. The van der Waals surface area contributed by atoms with Gasteiger partial charge in [0.1, 0.15) is 0 Å². The van der Waals surface area contributed by atoms with Crippen LogP contribution in [-0.4, -0.2) is 36.1 Å². The molecular weight excluding hydrogens is 280 g/mol. The second kappa shape index (κ2) is 4.66. The summed E-state index contributed by atoms with van der Waals surface area (Å²) in [5.41, 5.74) is 2.12. The minimum Gasteiger partial charge on any atom is -0.341 e. The van der Waals surface area contributed by atoms with Gasteiger partial charge in [-0.15, -0.1) is 0 Å². The van der Waals surface area contributed by atoms with Gasteiger partial charge < -0.3 is 15.2 Å². The van der Waals surface area contributed by atoms with Crippen LogP contribution in [0.1, 0.15) is 6.42 Å². The van der Waals surface area contributed by atoms with Gasteiger partial charge in [0.15, 0.2) is 0 Å². The van der Waals surface area contributed by atoms with Gasteiger partial charge in [-0.05, 0) is 31.2 Å². The lowest BCUT2D eigenvalue weighted by Gasteiger charge is -2.18. The zero-order chi connectivity index (χ0) is 11.7. The van der Waals surface area contributed by atoms with Crippen molar-refractivity contribution in [1.29, 1.82) is 0 Å². The number of halogens is 1. The molecule has 1 aromatic heterocycles. The lowest BCUT2D eigenvalue weighted by atomic mass is 10.3. The molecule has 1 aliphatic rings. The molecule has 0 unspecified atom stereocenters. The third kappa shape index (κ3) is 2.30. The van der Waals surface area contributed by atoms with E-state index in [4.69, 9.17) is 0 Å². The van der Waals surface area contributed by atoms with Crippen molar-refractivity contribution < 1.29 is 0 Å². The number of hydrogen-bond acceptors (Lipinski definition) is 3. The van der Waals surface area contributed by atoms with Crippen LogP contribution in [-0.2, 0) is 0 Å². The van der Waals surface area contributed by atoms with Crippen molar-refractivity contribution in [2.75, 3.05) is 31.1 Å². The fourth-order valence-electron chi connectivity index (χ4n) is 2.18. The van der Waals surface area contributed by atoms with Gasteiger partial charge >= 0.3 is 0 Å². The van der Waals surface area contributed by atoms with Crippen molar-refractivity contribution in [2.24, 2.45) is 0 Å². The number of rotatable bonds is 1. The van der Waals surface area contributed by atoms with Crippen LogP contribution in [0, 0.1) is 0 Å².